The molecule has 0 bridgehead atoms. The van der Waals surface area contributed by atoms with Gasteiger partial charge in [0, 0.05) is 0 Å². The van der Waals surface area contributed by atoms with Gasteiger partial charge < -0.3 is 0 Å². The Morgan fingerprint density at radius 2 is 1.50 bits per heavy atom. The third-order valence-corrected chi connectivity index (χ3v) is 2.00. The predicted octanol–water partition coefficient (Wildman–Crippen LogP) is 7.44. The summed E-state index contributed by atoms with van der Waals surface area (Å²) in [5, 5.41) is 0. The number of hydrogen-bond donors (Lipinski definition) is 0. The second-order valence-corrected chi connectivity index (χ2v) is 3.12. The van der Waals surface area contributed by atoms with Gasteiger partial charge in [0.05, 0.1) is 0 Å². The normalized spacial score (nSPS) is 9.28. The monoisotopic (exact) mass is 256 g/mol. The summed E-state index contributed by atoms with van der Waals surface area (Å²) in [6.07, 6.45) is 8.05. The molecule has 0 heterocycles. The van der Waals surface area contributed by atoms with Crippen LogP contribution in [0.1, 0.15) is 75.2 Å². The Kier molecular flexibility index (Phi) is 60.6. The lowest BCUT2D eigenvalue weighted by atomic mass is 9.96. The molecule has 0 amide bonds. The highest BCUT2D eigenvalue weighted by Gasteiger charge is 2.01. The maximum absolute atomic E-state index is 4.01. The molecule has 0 saturated carbocycles. The third kappa shape index (κ3) is 29.5. The Hall–Kier alpha value is -0.780. The predicted molar refractivity (Wildman–Crippen MR) is 93.3 cm³/mol. The maximum atomic E-state index is 4.01. The number of rotatable bonds is 5. The minimum Gasteiger partial charge on any atom is -0.106 e. The van der Waals surface area contributed by atoms with Gasteiger partial charge in [-0.25, -0.2) is 0 Å². The topological polar surface area (TPSA) is 0 Å². The Morgan fingerprint density at radius 3 is 1.78 bits per heavy atom. The molecule has 0 aromatic carbocycles. The molecular formula is C18H40. The Labute approximate surface area is 119 Å². The number of unbranched alkanes of at least 4 members (excludes halogenated alkanes) is 1. The smallest absolute Gasteiger partial charge is 0.0196 e. The molecule has 0 aliphatic heterocycles. The fourth-order valence-electron chi connectivity index (χ4n) is 1.07. The van der Waals surface area contributed by atoms with E-state index in [1.807, 2.05) is 34.6 Å². The summed E-state index contributed by atoms with van der Waals surface area (Å²) in [6, 6.07) is 0. The SMILES string of the molecule is C.C=C.C=C(/C=C\C)C(C)CCCC.CC.CC. The van der Waals surface area contributed by atoms with E-state index in [0.29, 0.717) is 5.92 Å². The van der Waals surface area contributed by atoms with Crippen LogP contribution >= 0.6 is 0 Å². The molecule has 112 valence electrons. The third-order valence-electron chi connectivity index (χ3n) is 2.00. The van der Waals surface area contributed by atoms with Gasteiger partial charge in [-0.1, -0.05) is 86.1 Å². The summed E-state index contributed by atoms with van der Waals surface area (Å²) in [6.45, 7) is 24.5. The highest BCUT2D eigenvalue weighted by atomic mass is 14.1. The molecule has 0 aliphatic rings. The molecule has 0 rings (SSSR count). The molecule has 0 nitrogen and oxygen atoms in total. The van der Waals surface area contributed by atoms with E-state index in [0.717, 1.165) is 0 Å². The van der Waals surface area contributed by atoms with Gasteiger partial charge in [0.15, 0.2) is 0 Å². The Morgan fingerprint density at radius 1 is 1.11 bits per heavy atom. The van der Waals surface area contributed by atoms with Crippen LogP contribution in [0.3, 0.4) is 0 Å². The second-order valence-electron chi connectivity index (χ2n) is 3.12. The molecular weight excluding hydrogens is 216 g/mol. The molecule has 0 fully saturated rings. The average Bonchev–Trinajstić information content (AvgIpc) is 2.43. The summed E-state index contributed by atoms with van der Waals surface area (Å²) < 4.78 is 0. The fourth-order valence-corrected chi connectivity index (χ4v) is 1.07. The van der Waals surface area contributed by atoms with Crippen molar-refractivity contribution in [3.05, 3.63) is 37.5 Å². The van der Waals surface area contributed by atoms with E-state index in [1.165, 1.54) is 24.8 Å². The number of allylic oxidation sites excluding steroid dienone is 3. The molecule has 0 radical (unpaired) electrons. The number of hydrogen-bond acceptors (Lipinski definition) is 0. The standard InChI is InChI=1S/C11H20.2C2H6.C2H4.CH4/c1-5-7-9-11(4)10(3)8-6-2;3*1-2;/h6,8,11H,3,5,7,9H2,1-2,4H3;2*1-2H3;1-2H2;1H4/b8-6-;;;;. The summed E-state index contributed by atoms with van der Waals surface area (Å²) in [5.74, 6) is 0.658. The quantitative estimate of drug-likeness (QED) is 0.354. The lowest BCUT2D eigenvalue weighted by Gasteiger charge is -2.09. The molecule has 0 aromatic heterocycles. The van der Waals surface area contributed by atoms with Crippen molar-refractivity contribution in [3.8, 4) is 0 Å². The van der Waals surface area contributed by atoms with E-state index in [2.05, 4.69) is 45.7 Å². The van der Waals surface area contributed by atoms with Crippen molar-refractivity contribution >= 4 is 0 Å². The van der Waals surface area contributed by atoms with Gasteiger partial charge in [-0.2, -0.15) is 0 Å². The van der Waals surface area contributed by atoms with E-state index >= 15 is 0 Å². The minimum atomic E-state index is 0. The first-order valence-corrected chi connectivity index (χ1v) is 7.03. The molecule has 1 atom stereocenters. The van der Waals surface area contributed by atoms with Crippen molar-refractivity contribution in [1.29, 1.82) is 0 Å². The average molecular weight is 257 g/mol. The first-order chi connectivity index (χ1) is 8.22. The van der Waals surface area contributed by atoms with Crippen LogP contribution in [0.25, 0.3) is 0 Å². The van der Waals surface area contributed by atoms with Crippen molar-refractivity contribution in [2.24, 2.45) is 5.92 Å². The first-order valence-electron chi connectivity index (χ1n) is 7.03. The van der Waals surface area contributed by atoms with Crippen LogP contribution < -0.4 is 0 Å². The van der Waals surface area contributed by atoms with Gasteiger partial charge in [-0.05, 0) is 19.3 Å². The van der Waals surface area contributed by atoms with Crippen LogP contribution in [0.15, 0.2) is 37.5 Å². The van der Waals surface area contributed by atoms with Crippen molar-refractivity contribution < 1.29 is 0 Å². The van der Waals surface area contributed by atoms with Gasteiger partial charge in [0.1, 0.15) is 0 Å². The van der Waals surface area contributed by atoms with Gasteiger partial charge in [0.25, 0.3) is 0 Å². The van der Waals surface area contributed by atoms with Crippen molar-refractivity contribution in [2.75, 3.05) is 0 Å². The zero-order valence-electron chi connectivity index (χ0n) is 13.5. The highest BCUT2D eigenvalue weighted by molar-refractivity contribution is 5.16. The Bertz CT molecular complexity index is 142. The van der Waals surface area contributed by atoms with Gasteiger partial charge in [0.2, 0.25) is 0 Å². The Balaban J connectivity index is -0.0000000700. The molecule has 0 aliphatic carbocycles. The lowest BCUT2D eigenvalue weighted by Crippen LogP contribution is -1.95. The zero-order chi connectivity index (χ0) is 14.7. The van der Waals surface area contributed by atoms with Crippen molar-refractivity contribution in [2.45, 2.75) is 75.2 Å². The van der Waals surface area contributed by atoms with E-state index in [9.17, 15) is 0 Å². The molecule has 0 spiro atoms. The van der Waals surface area contributed by atoms with Crippen LogP contribution in [-0.4, -0.2) is 0 Å². The lowest BCUT2D eigenvalue weighted by molar-refractivity contribution is 0.582. The van der Waals surface area contributed by atoms with Gasteiger partial charge in [-0.15, -0.1) is 13.2 Å². The van der Waals surface area contributed by atoms with Gasteiger partial charge in [-0.3, -0.25) is 0 Å². The van der Waals surface area contributed by atoms with E-state index in [4.69, 9.17) is 0 Å². The second kappa shape index (κ2) is 36.0. The summed E-state index contributed by atoms with van der Waals surface area (Å²) in [4.78, 5) is 0. The molecule has 18 heavy (non-hydrogen) atoms. The van der Waals surface area contributed by atoms with Crippen LogP contribution in [-0.2, 0) is 0 Å². The molecule has 0 saturated heterocycles. The largest absolute Gasteiger partial charge is 0.106 e. The summed E-state index contributed by atoms with van der Waals surface area (Å²) >= 11 is 0. The van der Waals surface area contributed by atoms with Crippen molar-refractivity contribution in [3.63, 3.8) is 0 Å². The summed E-state index contributed by atoms with van der Waals surface area (Å²) in [7, 11) is 0. The summed E-state index contributed by atoms with van der Waals surface area (Å²) in [5.41, 5.74) is 1.26. The molecule has 0 heteroatoms. The molecule has 0 aromatic rings. The van der Waals surface area contributed by atoms with Crippen LogP contribution in [0.2, 0.25) is 0 Å². The van der Waals surface area contributed by atoms with Crippen LogP contribution in [0.4, 0.5) is 0 Å². The molecule has 1 unspecified atom stereocenters. The van der Waals surface area contributed by atoms with Crippen molar-refractivity contribution in [1.82, 2.24) is 0 Å². The zero-order valence-corrected chi connectivity index (χ0v) is 13.5. The molecule has 0 N–H and O–H groups in total. The highest BCUT2D eigenvalue weighted by Crippen LogP contribution is 2.16. The van der Waals surface area contributed by atoms with Crippen LogP contribution in [0, 0.1) is 5.92 Å². The van der Waals surface area contributed by atoms with E-state index in [1.54, 1.807) is 0 Å². The van der Waals surface area contributed by atoms with E-state index in [-0.39, 0.29) is 7.43 Å². The first kappa shape index (κ1) is 30.3. The maximum Gasteiger partial charge on any atom is -0.0196 e. The minimum absolute atomic E-state index is 0. The van der Waals surface area contributed by atoms with Crippen LogP contribution in [0.5, 0.6) is 0 Å². The fraction of sp³-hybridized carbons (Fsp3) is 0.667. The van der Waals surface area contributed by atoms with E-state index < -0.39 is 0 Å². The van der Waals surface area contributed by atoms with Gasteiger partial charge >= 0.3 is 0 Å².